The zero-order valence-corrected chi connectivity index (χ0v) is 18.7. The zero-order chi connectivity index (χ0) is 15.8. The van der Waals surface area contributed by atoms with Crippen LogP contribution in [0.25, 0.3) is 0 Å². The van der Waals surface area contributed by atoms with E-state index in [-0.39, 0.29) is 0 Å². The summed E-state index contributed by atoms with van der Waals surface area (Å²) in [6, 6.07) is 8.62. The number of halogens is 2. The maximum Gasteiger partial charge on any atom is 0.0435 e. The Balaban J connectivity index is 0.000000211. The summed E-state index contributed by atoms with van der Waals surface area (Å²) in [5.74, 6) is 0. The molecule has 0 radical (unpaired) electrons. The molecule has 0 unspecified atom stereocenters. The Morgan fingerprint density at radius 1 is 1.24 bits per heavy atom. The van der Waals surface area contributed by atoms with Crippen molar-refractivity contribution >= 4 is 45.7 Å². The number of allylic oxidation sites excluding steroid dienone is 1. The third-order valence-electron chi connectivity index (χ3n) is 2.71. The minimum atomic E-state index is 0.889. The number of nitrogens with zero attached hydrogens (tertiary/aromatic N) is 3. The Hall–Kier alpha value is 0.278. The van der Waals surface area contributed by atoms with Gasteiger partial charge in [-0.3, -0.25) is 0 Å². The van der Waals surface area contributed by atoms with Gasteiger partial charge in [0.05, 0.1) is 0 Å². The first-order valence-corrected chi connectivity index (χ1v) is 9.43. The molecular formula is C15H19I2N3Pt. The largest absolute Gasteiger partial charge is 0.184 e. The van der Waals surface area contributed by atoms with Crippen LogP contribution in [0.1, 0.15) is 11.1 Å². The summed E-state index contributed by atoms with van der Waals surface area (Å²) >= 11 is 6.83. The van der Waals surface area contributed by atoms with E-state index in [4.69, 9.17) is 0 Å². The van der Waals surface area contributed by atoms with Crippen LogP contribution < -0.4 is 0 Å². The molecule has 0 aliphatic heterocycles. The van der Waals surface area contributed by atoms with Crippen LogP contribution in [0, 0.1) is 10.7 Å². The van der Waals surface area contributed by atoms with E-state index < -0.39 is 0 Å². The van der Waals surface area contributed by atoms with Gasteiger partial charge in [-0.15, -0.1) is 0 Å². The number of hydrogen-bond donors (Lipinski definition) is 0. The van der Waals surface area contributed by atoms with Crippen LogP contribution in [0.2, 0.25) is 0 Å². The molecule has 2 aromatic rings. The standard InChI is InChI=1S/C8H9I2N.C7H10N2.Pt/c1-7-2-4-8(5-3-7)6-11(9)10;1-3-4-9-6-5-8(2)7-9;/h2-5H,6H2,1H3;3,5-6H,1,4H2,2H3;. The maximum atomic E-state index is 3.67. The summed E-state index contributed by atoms with van der Waals surface area (Å²) in [7, 11) is 2.03. The van der Waals surface area contributed by atoms with Crippen molar-refractivity contribution in [1.82, 2.24) is 10.5 Å². The number of rotatable bonds is 4. The molecule has 0 atom stereocenters. The molecule has 0 saturated heterocycles. The predicted molar refractivity (Wildman–Crippen MR) is 102 cm³/mol. The Bertz CT molecular complexity index is 615. The first-order chi connectivity index (χ1) is 9.93. The second kappa shape index (κ2) is 10.1. The molecule has 0 N–H and O–H groups in total. The molecule has 0 fully saturated rings. The molecule has 0 aliphatic carbocycles. The second-order valence-electron chi connectivity index (χ2n) is 4.54. The van der Waals surface area contributed by atoms with Gasteiger partial charge in [0.15, 0.2) is 0 Å². The SMILES string of the molecule is C=CCn1ccn(C)[c]1=[Pt].Cc1ccc(CN(I)I)cc1. The number of aromatic nitrogens is 2. The van der Waals surface area contributed by atoms with Crippen LogP contribution in [0.4, 0.5) is 0 Å². The van der Waals surface area contributed by atoms with Crippen molar-refractivity contribution in [2.75, 3.05) is 0 Å². The molecular weight excluding hydrogens is 671 g/mol. The van der Waals surface area contributed by atoms with Crippen molar-refractivity contribution in [1.29, 1.82) is 0 Å². The molecule has 0 aliphatic rings. The molecule has 6 heteroatoms. The van der Waals surface area contributed by atoms with Crippen LogP contribution in [0.15, 0.2) is 49.3 Å². The van der Waals surface area contributed by atoms with Gasteiger partial charge in [0.1, 0.15) is 0 Å². The second-order valence-corrected chi connectivity index (χ2v) is 9.73. The summed E-state index contributed by atoms with van der Waals surface area (Å²) < 4.78 is 7.54. The molecule has 0 spiro atoms. The van der Waals surface area contributed by atoms with Gasteiger partial charge in [0.2, 0.25) is 0 Å². The third-order valence-corrected chi connectivity index (χ3v) is 4.84. The Morgan fingerprint density at radius 3 is 2.29 bits per heavy atom. The van der Waals surface area contributed by atoms with Gasteiger partial charge >= 0.3 is 70.9 Å². The molecule has 0 amide bonds. The quantitative estimate of drug-likeness (QED) is 0.260. The fourth-order valence-electron chi connectivity index (χ4n) is 1.60. The summed E-state index contributed by atoms with van der Waals surface area (Å²) in [5.41, 5.74) is 2.68. The van der Waals surface area contributed by atoms with Gasteiger partial charge in [-0.25, -0.2) is 0 Å². The van der Waals surface area contributed by atoms with Gasteiger partial charge in [-0.2, -0.15) is 1.33 Å². The summed E-state index contributed by atoms with van der Waals surface area (Å²) in [6.45, 7) is 7.67. The molecule has 1 heterocycles. The number of hydrogen-bond acceptors (Lipinski definition) is 1. The van der Waals surface area contributed by atoms with Gasteiger partial charge in [0, 0.05) is 52.3 Å². The molecule has 1 aromatic carbocycles. The van der Waals surface area contributed by atoms with Gasteiger partial charge in [-0.05, 0) is 12.5 Å². The predicted octanol–water partition coefficient (Wildman–Crippen LogP) is 4.59. The summed E-state index contributed by atoms with van der Waals surface area (Å²) in [5, 5.41) is 0. The number of imidazole rings is 1. The van der Waals surface area contributed by atoms with E-state index in [1.165, 1.54) is 14.9 Å². The van der Waals surface area contributed by atoms with E-state index in [9.17, 15) is 0 Å². The molecule has 118 valence electrons. The average molecular weight is 690 g/mol. The molecule has 0 bridgehead atoms. The maximum absolute atomic E-state index is 3.67. The van der Waals surface area contributed by atoms with Gasteiger partial charge in [0.25, 0.3) is 0 Å². The van der Waals surface area contributed by atoms with Crippen molar-refractivity contribution in [3.05, 3.63) is 64.2 Å². The van der Waals surface area contributed by atoms with E-state index in [1.54, 1.807) is 0 Å². The topological polar surface area (TPSA) is 13.1 Å². The molecule has 21 heavy (non-hydrogen) atoms. The average Bonchev–Trinajstić information content (AvgIpc) is 2.74. The van der Waals surface area contributed by atoms with E-state index in [1.807, 2.05) is 25.5 Å². The minimum Gasteiger partial charge on any atom is -0.184 e. The minimum absolute atomic E-state index is 0.889. The molecule has 0 saturated carbocycles. The summed E-state index contributed by atoms with van der Waals surface area (Å²) in [6.07, 6.45) is 5.97. The fraction of sp³-hybridized carbons (Fsp3) is 0.267. The van der Waals surface area contributed by atoms with Crippen LogP contribution in [0.3, 0.4) is 0 Å². The normalized spacial score (nSPS) is 10.2. The van der Waals surface area contributed by atoms with Crippen LogP contribution in [0.5, 0.6) is 0 Å². The van der Waals surface area contributed by atoms with Crippen molar-refractivity contribution < 1.29 is 19.4 Å². The summed E-state index contributed by atoms with van der Waals surface area (Å²) in [4.78, 5) is 0. The Morgan fingerprint density at radius 2 is 1.86 bits per heavy atom. The zero-order valence-electron chi connectivity index (χ0n) is 12.1. The van der Waals surface area contributed by atoms with E-state index in [0.717, 1.165) is 13.1 Å². The van der Waals surface area contributed by atoms with Crippen LogP contribution in [-0.4, -0.2) is 10.5 Å². The smallest absolute Gasteiger partial charge is 0.0435 e. The van der Waals surface area contributed by atoms with Gasteiger partial charge < -0.3 is 0 Å². The van der Waals surface area contributed by atoms with Crippen molar-refractivity contribution in [2.45, 2.75) is 20.0 Å². The van der Waals surface area contributed by atoms with Crippen LogP contribution in [-0.2, 0) is 39.5 Å². The third kappa shape index (κ3) is 7.39. The van der Waals surface area contributed by atoms with E-state index in [0.29, 0.717) is 0 Å². The van der Waals surface area contributed by atoms with Crippen molar-refractivity contribution in [2.24, 2.45) is 7.05 Å². The van der Waals surface area contributed by atoms with Gasteiger partial charge in [-0.1, -0.05) is 29.8 Å². The molecule has 3 nitrogen and oxygen atoms in total. The number of benzene rings is 1. The fourth-order valence-corrected chi connectivity index (χ4v) is 2.93. The van der Waals surface area contributed by atoms with Crippen molar-refractivity contribution in [3.63, 3.8) is 0 Å². The Kier molecular flexibility index (Phi) is 9.32. The van der Waals surface area contributed by atoms with E-state index in [2.05, 4.69) is 113 Å². The van der Waals surface area contributed by atoms with Crippen LogP contribution >= 0.6 is 45.7 Å². The first-order valence-electron chi connectivity index (χ1n) is 6.36. The monoisotopic (exact) mass is 690 g/mol. The van der Waals surface area contributed by atoms with E-state index >= 15 is 0 Å². The molecule has 2 rings (SSSR count). The Labute approximate surface area is 165 Å². The number of aryl methyl sites for hydroxylation is 2. The molecule has 1 aromatic heterocycles. The first kappa shape index (κ1) is 19.3. The van der Waals surface area contributed by atoms with Crippen molar-refractivity contribution in [3.8, 4) is 0 Å².